The molecule has 1 rings (SSSR count). The number of halogens is 3. The summed E-state index contributed by atoms with van der Waals surface area (Å²) in [4.78, 5) is 22.0. The molecule has 0 heterocycles. The van der Waals surface area contributed by atoms with Crippen LogP contribution in [0.1, 0.15) is 12.8 Å². The van der Waals surface area contributed by atoms with Crippen molar-refractivity contribution < 1.29 is 23.8 Å². The van der Waals surface area contributed by atoms with Gasteiger partial charge in [-0.15, -0.1) is 0 Å². The fraction of sp³-hybridized carbons (Fsp3) is 0.385. The summed E-state index contributed by atoms with van der Waals surface area (Å²) in [5.74, 6) is -1.33. The van der Waals surface area contributed by atoms with E-state index in [4.69, 9.17) is 33.0 Å². The van der Waals surface area contributed by atoms with Crippen molar-refractivity contribution in [2.45, 2.75) is 18.9 Å². The van der Waals surface area contributed by atoms with Gasteiger partial charge in [0.15, 0.2) is 6.61 Å². The van der Waals surface area contributed by atoms with Crippen LogP contribution >= 0.6 is 23.2 Å². The quantitative estimate of drug-likeness (QED) is 0.764. The molecule has 0 fully saturated rings. The highest BCUT2D eigenvalue weighted by Gasteiger charge is 2.14. The Bertz CT molecular complexity index is 513. The largest absolute Gasteiger partial charge is 0.482 e. The number of carboxylic acid groups (broad SMARTS) is 1. The molecule has 0 saturated heterocycles. The van der Waals surface area contributed by atoms with Crippen LogP contribution in [0.5, 0.6) is 5.75 Å². The van der Waals surface area contributed by atoms with Gasteiger partial charge in [-0.2, -0.15) is 0 Å². The average Bonchev–Trinajstić information content (AvgIpc) is 2.42. The molecule has 0 aliphatic rings. The lowest BCUT2D eigenvalue weighted by Crippen LogP contribution is -2.39. The molecule has 0 aliphatic heterocycles. The molecule has 0 radical (unpaired) electrons. The summed E-state index contributed by atoms with van der Waals surface area (Å²) in [5.41, 5.74) is 0. The van der Waals surface area contributed by atoms with Gasteiger partial charge in [-0.05, 0) is 24.6 Å². The highest BCUT2D eigenvalue weighted by molar-refractivity contribution is 6.35. The minimum absolute atomic E-state index is 0.0132. The molecular formula is C13H14Cl2FNO4. The van der Waals surface area contributed by atoms with Crippen LogP contribution < -0.4 is 10.1 Å². The molecule has 0 aliphatic carbocycles. The number of benzene rings is 1. The molecule has 1 aromatic rings. The first-order valence-corrected chi connectivity index (χ1v) is 6.83. The first kappa shape index (κ1) is 17.5. The summed E-state index contributed by atoms with van der Waals surface area (Å²) >= 11 is 11.6. The predicted octanol–water partition coefficient (Wildman–Crippen LogP) is 2.69. The van der Waals surface area contributed by atoms with Crippen LogP contribution in [-0.4, -0.2) is 36.3 Å². The van der Waals surface area contributed by atoms with Crippen LogP contribution in [0.4, 0.5) is 4.39 Å². The molecule has 0 bridgehead atoms. The maximum atomic E-state index is 12.7. The Balaban J connectivity index is 2.43. The Morgan fingerprint density at radius 3 is 2.67 bits per heavy atom. The van der Waals surface area contributed by atoms with Crippen molar-refractivity contribution in [3.05, 3.63) is 28.2 Å². The Kier molecular flexibility index (Phi) is 7.25. The van der Waals surface area contributed by atoms with E-state index in [0.717, 1.165) is 0 Å². The van der Waals surface area contributed by atoms with E-state index in [1.165, 1.54) is 12.1 Å². The first-order chi connectivity index (χ1) is 9.92. The Morgan fingerprint density at radius 1 is 1.38 bits per heavy atom. The molecule has 0 saturated carbocycles. The monoisotopic (exact) mass is 337 g/mol. The molecule has 21 heavy (non-hydrogen) atoms. The third kappa shape index (κ3) is 6.64. The van der Waals surface area contributed by atoms with Gasteiger partial charge in [0, 0.05) is 11.4 Å². The molecule has 1 aromatic carbocycles. The van der Waals surface area contributed by atoms with Crippen molar-refractivity contribution >= 4 is 35.1 Å². The Hall–Kier alpha value is -1.53. The maximum Gasteiger partial charge on any atom is 0.303 e. The summed E-state index contributed by atoms with van der Waals surface area (Å²) in [5, 5.41) is 11.5. The van der Waals surface area contributed by atoms with Gasteiger partial charge in [0.2, 0.25) is 0 Å². The number of carbonyl (C=O) groups is 2. The highest BCUT2D eigenvalue weighted by atomic mass is 35.5. The van der Waals surface area contributed by atoms with Gasteiger partial charge in [0.25, 0.3) is 5.91 Å². The fourth-order valence-corrected chi connectivity index (χ4v) is 1.95. The van der Waals surface area contributed by atoms with E-state index < -0.39 is 24.6 Å². The number of alkyl halides is 1. The summed E-state index contributed by atoms with van der Waals surface area (Å²) in [6.45, 7) is -1.20. The third-order valence-corrected chi connectivity index (χ3v) is 3.04. The first-order valence-electron chi connectivity index (χ1n) is 6.07. The fourth-order valence-electron chi connectivity index (χ4n) is 1.49. The van der Waals surface area contributed by atoms with Crippen molar-refractivity contribution in [1.82, 2.24) is 5.32 Å². The van der Waals surface area contributed by atoms with Gasteiger partial charge >= 0.3 is 5.97 Å². The molecule has 1 atom stereocenters. The second kappa shape index (κ2) is 8.69. The minimum Gasteiger partial charge on any atom is -0.482 e. The molecule has 0 aromatic heterocycles. The van der Waals surface area contributed by atoms with Gasteiger partial charge in [-0.3, -0.25) is 9.59 Å². The number of carboxylic acids is 1. The predicted molar refractivity (Wildman–Crippen MR) is 76.7 cm³/mol. The topological polar surface area (TPSA) is 75.6 Å². The van der Waals surface area contributed by atoms with Gasteiger partial charge < -0.3 is 15.2 Å². The average molecular weight is 338 g/mol. The zero-order chi connectivity index (χ0) is 15.8. The van der Waals surface area contributed by atoms with E-state index in [0.29, 0.717) is 5.02 Å². The Morgan fingerprint density at radius 2 is 2.10 bits per heavy atom. The number of hydrogen-bond acceptors (Lipinski definition) is 3. The molecule has 2 N–H and O–H groups in total. The molecule has 1 amide bonds. The van der Waals surface area contributed by atoms with E-state index in [9.17, 15) is 14.0 Å². The second-order valence-electron chi connectivity index (χ2n) is 4.21. The van der Waals surface area contributed by atoms with Crippen molar-refractivity contribution in [1.29, 1.82) is 0 Å². The molecule has 5 nitrogen and oxygen atoms in total. The van der Waals surface area contributed by atoms with E-state index in [-0.39, 0.29) is 30.2 Å². The van der Waals surface area contributed by atoms with Crippen LogP contribution in [0.2, 0.25) is 10.0 Å². The Labute approximate surface area is 131 Å². The number of aliphatic carboxylic acids is 1. The van der Waals surface area contributed by atoms with Gasteiger partial charge in [0.1, 0.15) is 12.4 Å². The third-order valence-electron chi connectivity index (χ3n) is 2.51. The van der Waals surface area contributed by atoms with E-state index in [2.05, 4.69) is 5.32 Å². The lowest BCUT2D eigenvalue weighted by Gasteiger charge is -2.15. The molecule has 0 unspecified atom stereocenters. The van der Waals surface area contributed by atoms with Crippen LogP contribution in [-0.2, 0) is 9.59 Å². The second-order valence-corrected chi connectivity index (χ2v) is 5.06. The summed E-state index contributed by atoms with van der Waals surface area (Å²) in [6, 6.07) is 3.68. The summed E-state index contributed by atoms with van der Waals surface area (Å²) < 4.78 is 17.8. The van der Waals surface area contributed by atoms with E-state index in [1.807, 2.05) is 0 Å². The minimum atomic E-state index is -1.05. The van der Waals surface area contributed by atoms with Crippen LogP contribution in [0, 0.1) is 0 Å². The number of rotatable bonds is 8. The van der Waals surface area contributed by atoms with Crippen LogP contribution in [0.15, 0.2) is 18.2 Å². The summed E-state index contributed by atoms with van der Waals surface area (Å²) in [7, 11) is 0. The lowest BCUT2D eigenvalue weighted by atomic mass is 10.2. The zero-order valence-electron chi connectivity index (χ0n) is 10.9. The van der Waals surface area contributed by atoms with E-state index >= 15 is 0 Å². The van der Waals surface area contributed by atoms with Gasteiger partial charge in [-0.25, -0.2) is 4.39 Å². The highest BCUT2D eigenvalue weighted by Crippen LogP contribution is 2.27. The number of hydrogen-bond donors (Lipinski definition) is 2. The van der Waals surface area contributed by atoms with Crippen LogP contribution in [0.25, 0.3) is 0 Å². The molecular weight excluding hydrogens is 324 g/mol. The van der Waals surface area contributed by atoms with Gasteiger partial charge in [0.05, 0.1) is 11.1 Å². The molecule has 116 valence electrons. The SMILES string of the molecule is O=C(O)CC[C@@H](CF)NC(=O)COc1ccc(Cl)cc1Cl. The van der Waals surface area contributed by atoms with Crippen molar-refractivity contribution in [2.75, 3.05) is 13.3 Å². The van der Waals surface area contributed by atoms with E-state index in [1.54, 1.807) is 6.07 Å². The standard InChI is InChI=1S/C13H14Cl2FNO4/c14-8-1-3-11(10(15)5-8)21-7-12(18)17-9(6-16)2-4-13(19)20/h1,3,5,9H,2,4,6-7H2,(H,17,18)(H,19,20)/t9-/m0/s1. The number of ether oxygens (including phenoxy) is 1. The molecule has 8 heteroatoms. The number of amides is 1. The van der Waals surface area contributed by atoms with Crippen LogP contribution in [0.3, 0.4) is 0 Å². The van der Waals surface area contributed by atoms with Crippen molar-refractivity contribution in [3.63, 3.8) is 0 Å². The lowest BCUT2D eigenvalue weighted by molar-refractivity contribution is -0.137. The zero-order valence-corrected chi connectivity index (χ0v) is 12.5. The summed E-state index contributed by atoms with van der Waals surface area (Å²) in [6.07, 6.45) is -0.210. The smallest absolute Gasteiger partial charge is 0.303 e. The van der Waals surface area contributed by atoms with Crippen molar-refractivity contribution in [2.24, 2.45) is 0 Å². The molecule has 0 spiro atoms. The maximum absolute atomic E-state index is 12.7. The van der Waals surface area contributed by atoms with Crippen molar-refractivity contribution in [3.8, 4) is 5.75 Å². The van der Waals surface area contributed by atoms with Gasteiger partial charge in [-0.1, -0.05) is 23.2 Å². The number of carbonyl (C=O) groups excluding carboxylic acids is 1. The normalized spacial score (nSPS) is 11.8. The number of nitrogens with one attached hydrogen (secondary N) is 1.